The number of carbonyl (C=O) groups excluding carboxylic acids is 2. The van der Waals surface area contributed by atoms with Gasteiger partial charge in [0.25, 0.3) is 0 Å². The van der Waals surface area contributed by atoms with Gasteiger partial charge in [0.1, 0.15) is 17.1 Å². The van der Waals surface area contributed by atoms with Gasteiger partial charge in [-0.3, -0.25) is 4.79 Å². The molecule has 1 amide bonds. The van der Waals surface area contributed by atoms with E-state index in [4.69, 9.17) is 9.15 Å². The van der Waals surface area contributed by atoms with Crippen LogP contribution in [0.5, 0.6) is 0 Å². The molecule has 0 fully saturated rings. The SMILES string of the molecule is COCCNCC(=O)NCc1cc(C(=O)OC)c(C)o1. The Balaban J connectivity index is 2.38. The van der Waals surface area contributed by atoms with Crippen LogP contribution in [-0.4, -0.2) is 45.8 Å². The molecule has 112 valence electrons. The Labute approximate surface area is 117 Å². The second-order valence-electron chi connectivity index (χ2n) is 4.12. The molecule has 20 heavy (non-hydrogen) atoms. The zero-order valence-electron chi connectivity index (χ0n) is 11.9. The van der Waals surface area contributed by atoms with Gasteiger partial charge < -0.3 is 24.5 Å². The minimum Gasteiger partial charge on any atom is -0.465 e. The zero-order chi connectivity index (χ0) is 15.0. The van der Waals surface area contributed by atoms with Crippen LogP contribution in [0, 0.1) is 6.92 Å². The van der Waals surface area contributed by atoms with E-state index in [0.717, 1.165) is 0 Å². The first-order chi connectivity index (χ1) is 9.58. The largest absolute Gasteiger partial charge is 0.465 e. The number of aryl methyl sites for hydroxylation is 1. The van der Waals surface area contributed by atoms with Gasteiger partial charge in [-0.25, -0.2) is 4.79 Å². The molecule has 2 N–H and O–H groups in total. The third-order valence-corrected chi connectivity index (χ3v) is 2.60. The molecule has 0 aromatic carbocycles. The smallest absolute Gasteiger partial charge is 0.341 e. The van der Waals surface area contributed by atoms with Gasteiger partial charge in [0.15, 0.2) is 0 Å². The van der Waals surface area contributed by atoms with Gasteiger partial charge in [-0.15, -0.1) is 0 Å². The summed E-state index contributed by atoms with van der Waals surface area (Å²) in [4.78, 5) is 22.9. The minimum atomic E-state index is -0.454. The van der Waals surface area contributed by atoms with Crippen molar-refractivity contribution in [2.24, 2.45) is 0 Å². The van der Waals surface area contributed by atoms with Crippen LogP contribution in [-0.2, 0) is 20.8 Å². The maximum absolute atomic E-state index is 11.5. The van der Waals surface area contributed by atoms with E-state index in [2.05, 4.69) is 15.4 Å². The summed E-state index contributed by atoms with van der Waals surface area (Å²) in [7, 11) is 2.90. The van der Waals surface area contributed by atoms with Crippen LogP contribution >= 0.6 is 0 Å². The van der Waals surface area contributed by atoms with Gasteiger partial charge in [-0.1, -0.05) is 0 Å². The molecular formula is C13H20N2O5. The van der Waals surface area contributed by atoms with Crippen molar-refractivity contribution in [2.75, 3.05) is 33.9 Å². The lowest BCUT2D eigenvalue weighted by atomic mass is 10.2. The van der Waals surface area contributed by atoms with E-state index in [-0.39, 0.29) is 19.0 Å². The second kappa shape index (κ2) is 8.34. The van der Waals surface area contributed by atoms with Crippen molar-refractivity contribution in [3.63, 3.8) is 0 Å². The summed E-state index contributed by atoms with van der Waals surface area (Å²) in [6.07, 6.45) is 0. The first-order valence-corrected chi connectivity index (χ1v) is 6.22. The van der Waals surface area contributed by atoms with Crippen molar-refractivity contribution in [3.05, 3.63) is 23.2 Å². The van der Waals surface area contributed by atoms with Gasteiger partial charge in [0, 0.05) is 13.7 Å². The highest BCUT2D eigenvalue weighted by Gasteiger charge is 2.15. The third kappa shape index (κ3) is 5.02. The van der Waals surface area contributed by atoms with Crippen molar-refractivity contribution in [3.8, 4) is 0 Å². The van der Waals surface area contributed by atoms with Crippen LogP contribution in [0.15, 0.2) is 10.5 Å². The lowest BCUT2D eigenvalue weighted by Gasteiger charge is -2.04. The monoisotopic (exact) mass is 284 g/mol. The van der Waals surface area contributed by atoms with E-state index in [1.165, 1.54) is 7.11 Å². The van der Waals surface area contributed by atoms with Crippen molar-refractivity contribution in [2.45, 2.75) is 13.5 Å². The lowest BCUT2D eigenvalue weighted by molar-refractivity contribution is -0.120. The molecule has 0 aliphatic carbocycles. The Kier molecular flexibility index (Phi) is 6.75. The Morgan fingerprint density at radius 3 is 2.75 bits per heavy atom. The van der Waals surface area contributed by atoms with Gasteiger partial charge in [-0.2, -0.15) is 0 Å². The average molecular weight is 284 g/mol. The average Bonchev–Trinajstić information content (AvgIpc) is 2.81. The van der Waals surface area contributed by atoms with Gasteiger partial charge >= 0.3 is 5.97 Å². The highest BCUT2D eigenvalue weighted by Crippen LogP contribution is 2.15. The molecule has 0 saturated heterocycles. The number of hydrogen-bond acceptors (Lipinski definition) is 6. The topological polar surface area (TPSA) is 89.8 Å². The predicted molar refractivity (Wildman–Crippen MR) is 71.4 cm³/mol. The van der Waals surface area contributed by atoms with Crippen LogP contribution in [0.3, 0.4) is 0 Å². The molecule has 0 unspecified atom stereocenters. The van der Waals surface area contributed by atoms with Crippen LogP contribution in [0.1, 0.15) is 21.9 Å². The second-order valence-corrected chi connectivity index (χ2v) is 4.12. The predicted octanol–water partition coefficient (Wildman–Crippen LogP) is 0.227. The normalized spacial score (nSPS) is 10.3. The lowest BCUT2D eigenvalue weighted by Crippen LogP contribution is -2.34. The molecule has 0 saturated carbocycles. The fourth-order valence-electron chi connectivity index (χ4n) is 1.57. The van der Waals surface area contributed by atoms with Gasteiger partial charge in [0.05, 0.1) is 26.8 Å². The number of methoxy groups -OCH3 is 2. The standard InChI is InChI=1S/C13H20N2O5/c1-9-11(13(17)19-3)6-10(20-9)7-15-12(16)8-14-4-5-18-2/h6,14H,4-5,7-8H2,1-3H3,(H,15,16). The molecule has 1 heterocycles. The number of furan rings is 1. The third-order valence-electron chi connectivity index (χ3n) is 2.60. The maximum Gasteiger partial charge on any atom is 0.341 e. The summed E-state index contributed by atoms with van der Waals surface area (Å²) in [5.41, 5.74) is 0.370. The highest BCUT2D eigenvalue weighted by atomic mass is 16.5. The molecule has 7 nitrogen and oxygen atoms in total. The van der Waals surface area contributed by atoms with Crippen LogP contribution in [0.2, 0.25) is 0 Å². The van der Waals surface area contributed by atoms with Crippen LogP contribution in [0.4, 0.5) is 0 Å². The summed E-state index contributed by atoms with van der Waals surface area (Å²) >= 11 is 0. The first-order valence-electron chi connectivity index (χ1n) is 6.22. The molecule has 7 heteroatoms. The minimum absolute atomic E-state index is 0.158. The molecule has 0 spiro atoms. The number of nitrogens with one attached hydrogen (secondary N) is 2. The Morgan fingerprint density at radius 1 is 1.35 bits per heavy atom. The number of carbonyl (C=O) groups is 2. The van der Waals surface area contributed by atoms with Crippen LogP contribution in [0.25, 0.3) is 0 Å². The van der Waals surface area contributed by atoms with Gasteiger partial charge in [-0.05, 0) is 13.0 Å². The summed E-state index contributed by atoms with van der Waals surface area (Å²) in [5.74, 6) is 0.368. The molecule has 0 radical (unpaired) electrons. The van der Waals surface area contributed by atoms with Crippen molar-refractivity contribution in [1.82, 2.24) is 10.6 Å². The number of esters is 1. The number of rotatable bonds is 8. The number of amides is 1. The summed E-state index contributed by atoms with van der Waals surface area (Å²) < 4.78 is 14.8. The molecule has 1 aromatic rings. The van der Waals surface area contributed by atoms with Crippen LogP contribution < -0.4 is 10.6 Å². The fraction of sp³-hybridized carbons (Fsp3) is 0.538. The molecule has 1 aromatic heterocycles. The van der Waals surface area contributed by atoms with Crippen molar-refractivity contribution in [1.29, 1.82) is 0 Å². The molecule has 0 aliphatic rings. The number of hydrogen-bond donors (Lipinski definition) is 2. The fourth-order valence-corrected chi connectivity index (χ4v) is 1.57. The molecule has 0 bridgehead atoms. The number of ether oxygens (including phenoxy) is 2. The van der Waals surface area contributed by atoms with E-state index >= 15 is 0 Å². The van der Waals surface area contributed by atoms with E-state index in [0.29, 0.717) is 30.2 Å². The quantitative estimate of drug-likeness (QED) is 0.524. The summed E-state index contributed by atoms with van der Waals surface area (Å²) in [6, 6.07) is 1.57. The Morgan fingerprint density at radius 2 is 2.10 bits per heavy atom. The van der Waals surface area contributed by atoms with Crippen molar-refractivity contribution >= 4 is 11.9 Å². The van der Waals surface area contributed by atoms with E-state index in [1.807, 2.05) is 0 Å². The highest BCUT2D eigenvalue weighted by molar-refractivity contribution is 5.90. The maximum atomic E-state index is 11.5. The zero-order valence-corrected chi connectivity index (χ0v) is 11.9. The first kappa shape index (κ1) is 16.2. The van der Waals surface area contributed by atoms with E-state index < -0.39 is 5.97 Å². The van der Waals surface area contributed by atoms with E-state index in [9.17, 15) is 9.59 Å². The molecular weight excluding hydrogens is 264 g/mol. The summed E-state index contributed by atoms with van der Waals surface area (Å²) in [5, 5.41) is 5.61. The molecule has 0 atom stereocenters. The van der Waals surface area contributed by atoms with Crippen molar-refractivity contribution < 1.29 is 23.5 Å². The molecule has 0 aliphatic heterocycles. The Bertz CT molecular complexity index is 456. The van der Waals surface area contributed by atoms with Gasteiger partial charge in [0.2, 0.25) is 5.91 Å². The van der Waals surface area contributed by atoms with E-state index in [1.54, 1.807) is 20.1 Å². The summed E-state index contributed by atoms with van der Waals surface area (Å²) in [6.45, 7) is 3.25. The molecule has 1 rings (SSSR count). The Hall–Kier alpha value is -1.86.